The SMILES string of the molecule is CCOC(=O)c1nn(-c2ccc(C)cc2)c(=O)cc1OS(=O)(=O)c1cccc(Cl)c1. The topological polar surface area (TPSA) is 105 Å². The van der Waals surface area contributed by atoms with E-state index in [2.05, 4.69) is 5.10 Å². The Morgan fingerprint density at radius 2 is 1.83 bits per heavy atom. The summed E-state index contributed by atoms with van der Waals surface area (Å²) in [5.74, 6) is -1.48. The number of carbonyl (C=O) groups is 1. The van der Waals surface area contributed by atoms with Crippen molar-refractivity contribution in [3.63, 3.8) is 0 Å². The molecule has 0 aliphatic heterocycles. The molecule has 0 aliphatic carbocycles. The minimum Gasteiger partial charge on any atom is -0.461 e. The fourth-order valence-electron chi connectivity index (χ4n) is 2.50. The van der Waals surface area contributed by atoms with E-state index in [0.717, 1.165) is 16.3 Å². The number of aromatic nitrogens is 2. The summed E-state index contributed by atoms with van der Waals surface area (Å²) in [6.45, 7) is 3.48. The van der Waals surface area contributed by atoms with Gasteiger partial charge in [-0.1, -0.05) is 35.4 Å². The maximum Gasteiger partial charge on any atom is 0.362 e. The molecular formula is C20H17ClN2O6S. The number of hydrogen-bond donors (Lipinski definition) is 0. The summed E-state index contributed by atoms with van der Waals surface area (Å²) in [5, 5.41) is 4.18. The molecule has 0 amide bonds. The van der Waals surface area contributed by atoms with Gasteiger partial charge in [-0.25, -0.2) is 4.79 Å². The lowest BCUT2D eigenvalue weighted by atomic mass is 10.2. The van der Waals surface area contributed by atoms with Crippen LogP contribution in [0.5, 0.6) is 5.75 Å². The Morgan fingerprint density at radius 3 is 2.47 bits per heavy atom. The van der Waals surface area contributed by atoms with Gasteiger partial charge in [0, 0.05) is 5.02 Å². The van der Waals surface area contributed by atoms with Crippen LogP contribution in [0.25, 0.3) is 5.69 Å². The normalized spacial score (nSPS) is 11.2. The van der Waals surface area contributed by atoms with Gasteiger partial charge in [-0.2, -0.15) is 18.2 Å². The van der Waals surface area contributed by atoms with Crippen LogP contribution >= 0.6 is 11.6 Å². The van der Waals surface area contributed by atoms with Gasteiger partial charge in [0.1, 0.15) is 4.90 Å². The van der Waals surface area contributed by atoms with Gasteiger partial charge in [0.2, 0.25) is 5.69 Å². The first-order valence-electron chi connectivity index (χ1n) is 8.80. The fourth-order valence-corrected chi connectivity index (χ4v) is 3.74. The molecule has 1 aromatic heterocycles. The van der Waals surface area contributed by atoms with Crippen LogP contribution in [0.15, 0.2) is 64.3 Å². The third kappa shape index (κ3) is 4.69. The molecule has 3 aromatic rings. The molecule has 10 heteroatoms. The lowest BCUT2D eigenvalue weighted by Gasteiger charge is -2.12. The summed E-state index contributed by atoms with van der Waals surface area (Å²) in [4.78, 5) is 24.7. The third-order valence-electron chi connectivity index (χ3n) is 3.93. The summed E-state index contributed by atoms with van der Waals surface area (Å²) < 4.78 is 36.2. The maximum atomic E-state index is 12.6. The van der Waals surface area contributed by atoms with E-state index in [1.165, 1.54) is 24.3 Å². The zero-order valence-corrected chi connectivity index (χ0v) is 17.6. The predicted molar refractivity (Wildman–Crippen MR) is 110 cm³/mol. The van der Waals surface area contributed by atoms with Crippen molar-refractivity contribution in [2.75, 3.05) is 6.61 Å². The van der Waals surface area contributed by atoms with Crippen molar-refractivity contribution in [3.05, 3.63) is 81.2 Å². The van der Waals surface area contributed by atoms with Crippen molar-refractivity contribution in [1.82, 2.24) is 9.78 Å². The fraction of sp³-hybridized carbons (Fsp3) is 0.150. The Bertz CT molecular complexity index is 1250. The number of esters is 1. The molecule has 0 saturated heterocycles. The molecular weight excluding hydrogens is 432 g/mol. The molecule has 0 aliphatic rings. The molecule has 2 aromatic carbocycles. The van der Waals surface area contributed by atoms with Crippen molar-refractivity contribution in [2.24, 2.45) is 0 Å². The second-order valence-electron chi connectivity index (χ2n) is 6.16. The molecule has 30 heavy (non-hydrogen) atoms. The summed E-state index contributed by atoms with van der Waals surface area (Å²) in [7, 11) is -4.39. The van der Waals surface area contributed by atoms with Gasteiger partial charge in [-0.15, -0.1) is 0 Å². The van der Waals surface area contributed by atoms with Crippen LogP contribution < -0.4 is 9.74 Å². The third-order valence-corrected chi connectivity index (χ3v) is 5.39. The first kappa shape index (κ1) is 21.5. The highest BCUT2D eigenvalue weighted by molar-refractivity contribution is 7.87. The van der Waals surface area contributed by atoms with Crippen LogP contribution in [-0.2, 0) is 14.9 Å². The van der Waals surface area contributed by atoms with E-state index < -0.39 is 33.1 Å². The molecule has 0 fully saturated rings. The van der Waals surface area contributed by atoms with Crippen molar-refractivity contribution in [1.29, 1.82) is 0 Å². The molecule has 0 unspecified atom stereocenters. The van der Waals surface area contributed by atoms with Gasteiger partial charge in [0.25, 0.3) is 5.56 Å². The molecule has 0 radical (unpaired) electrons. The number of nitrogens with zero attached hydrogens (tertiary/aromatic N) is 2. The summed E-state index contributed by atoms with van der Waals surface area (Å²) >= 11 is 5.84. The molecule has 0 saturated carbocycles. The average molecular weight is 449 g/mol. The second-order valence-corrected chi connectivity index (χ2v) is 8.14. The number of ether oxygens (including phenoxy) is 1. The van der Waals surface area contributed by atoms with Gasteiger partial charge in [0.05, 0.1) is 18.4 Å². The van der Waals surface area contributed by atoms with Crippen molar-refractivity contribution >= 4 is 27.7 Å². The predicted octanol–water partition coefficient (Wildman–Crippen LogP) is 3.14. The van der Waals surface area contributed by atoms with Crippen LogP contribution in [0, 0.1) is 6.92 Å². The van der Waals surface area contributed by atoms with E-state index in [9.17, 15) is 18.0 Å². The lowest BCUT2D eigenvalue weighted by Crippen LogP contribution is -2.26. The molecule has 0 atom stereocenters. The van der Waals surface area contributed by atoms with E-state index in [-0.39, 0.29) is 16.5 Å². The van der Waals surface area contributed by atoms with Gasteiger partial charge in [-0.3, -0.25) is 4.79 Å². The number of carbonyl (C=O) groups excluding carboxylic acids is 1. The molecule has 0 spiro atoms. The van der Waals surface area contributed by atoms with Crippen LogP contribution in [0.3, 0.4) is 0 Å². The Hall–Kier alpha value is -3.17. The number of halogens is 1. The largest absolute Gasteiger partial charge is 0.461 e. The van der Waals surface area contributed by atoms with Crippen LogP contribution in [0.2, 0.25) is 5.02 Å². The van der Waals surface area contributed by atoms with Crippen LogP contribution in [-0.4, -0.2) is 30.8 Å². The standard InChI is InChI=1S/C20H17ClN2O6S/c1-3-28-20(25)19-17(29-30(26,27)16-6-4-5-14(21)11-16)12-18(24)23(22-19)15-9-7-13(2)8-10-15/h4-12H,3H2,1-2H3. The number of rotatable bonds is 6. The number of aryl methyl sites for hydroxylation is 1. The Morgan fingerprint density at radius 1 is 1.13 bits per heavy atom. The minimum absolute atomic E-state index is 0.0185. The van der Waals surface area contributed by atoms with Crippen molar-refractivity contribution in [3.8, 4) is 11.4 Å². The van der Waals surface area contributed by atoms with Gasteiger partial charge < -0.3 is 8.92 Å². The van der Waals surface area contributed by atoms with E-state index >= 15 is 0 Å². The number of hydrogen-bond acceptors (Lipinski definition) is 7. The Balaban J connectivity index is 2.11. The smallest absolute Gasteiger partial charge is 0.362 e. The zero-order valence-electron chi connectivity index (χ0n) is 16.0. The quantitative estimate of drug-likeness (QED) is 0.421. The van der Waals surface area contributed by atoms with Gasteiger partial charge in [-0.05, 0) is 44.2 Å². The van der Waals surface area contributed by atoms with Gasteiger partial charge in [0.15, 0.2) is 5.75 Å². The summed E-state index contributed by atoms with van der Waals surface area (Å²) in [6, 6.07) is 13.1. The monoisotopic (exact) mass is 448 g/mol. The molecule has 0 N–H and O–H groups in total. The van der Waals surface area contributed by atoms with E-state index in [4.69, 9.17) is 20.5 Å². The first-order valence-corrected chi connectivity index (χ1v) is 10.6. The average Bonchev–Trinajstić information content (AvgIpc) is 2.69. The minimum atomic E-state index is -4.39. The molecule has 0 bridgehead atoms. The maximum absolute atomic E-state index is 12.6. The van der Waals surface area contributed by atoms with Crippen LogP contribution in [0.1, 0.15) is 23.0 Å². The molecule has 3 rings (SSSR count). The highest BCUT2D eigenvalue weighted by Crippen LogP contribution is 2.23. The Kier molecular flexibility index (Phi) is 6.23. The van der Waals surface area contributed by atoms with Crippen molar-refractivity contribution < 1.29 is 22.1 Å². The first-order chi connectivity index (χ1) is 14.2. The summed E-state index contributed by atoms with van der Waals surface area (Å²) in [6.07, 6.45) is 0. The van der Waals surface area contributed by atoms with Gasteiger partial charge >= 0.3 is 16.1 Å². The number of benzene rings is 2. The highest BCUT2D eigenvalue weighted by atomic mass is 35.5. The highest BCUT2D eigenvalue weighted by Gasteiger charge is 2.25. The van der Waals surface area contributed by atoms with E-state index in [1.54, 1.807) is 31.2 Å². The molecule has 8 nitrogen and oxygen atoms in total. The zero-order chi connectivity index (χ0) is 21.9. The lowest BCUT2D eigenvalue weighted by molar-refractivity contribution is 0.0515. The summed E-state index contributed by atoms with van der Waals surface area (Å²) in [5.41, 5.74) is 0.205. The molecule has 156 valence electrons. The second kappa shape index (κ2) is 8.68. The van der Waals surface area contributed by atoms with Crippen LogP contribution in [0.4, 0.5) is 0 Å². The van der Waals surface area contributed by atoms with E-state index in [1.807, 2.05) is 6.92 Å². The molecule has 1 heterocycles. The Labute approximate surface area is 177 Å². The van der Waals surface area contributed by atoms with E-state index in [0.29, 0.717) is 5.69 Å². The van der Waals surface area contributed by atoms with Crippen molar-refractivity contribution in [2.45, 2.75) is 18.7 Å².